The van der Waals surface area contributed by atoms with E-state index in [1.54, 1.807) is 0 Å². The van der Waals surface area contributed by atoms with Crippen molar-refractivity contribution < 1.29 is 24.5 Å². The maximum atomic E-state index is 11.2. The van der Waals surface area contributed by atoms with Crippen molar-refractivity contribution in [2.45, 2.75) is 128 Å². The summed E-state index contributed by atoms with van der Waals surface area (Å²) in [5, 5.41) is 21.4. The highest BCUT2D eigenvalue weighted by atomic mass is 16.5. The second kappa shape index (κ2) is 24.7. The van der Waals surface area contributed by atoms with Crippen molar-refractivity contribution in [3.8, 4) is 0 Å². The van der Waals surface area contributed by atoms with E-state index in [9.17, 15) is 14.7 Å². The van der Waals surface area contributed by atoms with Crippen LogP contribution >= 0.6 is 0 Å². The molecule has 0 fully saturated rings. The van der Waals surface area contributed by atoms with Crippen LogP contribution in [-0.4, -0.2) is 54.0 Å². The average molecular weight is 485 g/mol. The number of unbranched alkanes of at least 4 members (excludes halogenated alkanes) is 13. The van der Waals surface area contributed by atoms with E-state index in [0.29, 0.717) is 19.6 Å². The van der Waals surface area contributed by atoms with Gasteiger partial charge in [-0.1, -0.05) is 69.9 Å². The van der Waals surface area contributed by atoms with Gasteiger partial charge >= 0.3 is 11.9 Å². The van der Waals surface area contributed by atoms with E-state index in [4.69, 9.17) is 15.6 Å². The summed E-state index contributed by atoms with van der Waals surface area (Å²) in [4.78, 5) is 22.3. The highest BCUT2D eigenvalue weighted by molar-refractivity contribution is 5.73. The number of aliphatic hydroxyl groups is 1. The third kappa shape index (κ3) is 22.4. The number of carboxylic acids is 1. The molecular formula is C27H52N2O5. The average Bonchev–Trinajstić information content (AvgIpc) is 2.81. The van der Waals surface area contributed by atoms with Crippen LogP contribution in [0, 0.1) is 0 Å². The van der Waals surface area contributed by atoms with Gasteiger partial charge in [-0.25, -0.2) is 4.79 Å². The van der Waals surface area contributed by atoms with Crippen LogP contribution in [0.15, 0.2) is 12.2 Å². The van der Waals surface area contributed by atoms with E-state index in [1.807, 2.05) is 0 Å². The van der Waals surface area contributed by atoms with Gasteiger partial charge in [0.1, 0.15) is 12.1 Å². The van der Waals surface area contributed by atoms with Crippen molar-refractivity contribution >= 4 is 11.9 Å². The quantitative estimate of drug-likeness (QED) is 0.0808. The van der Waals surface area contributed by atoms with E-state index in [2.05, 4.69) is 17.5 Å². The van der Waals surface area contributed by atoms with Gasteiger partial charge in [-0.15, -0.1) is 0 Å². The molecule has 0 aromatic rings. The molecule has 0 aliphatic carbocycles. The van der Waals surface area contributed by atoms with Crippen LogP contribution in [-0.2, 0) is 14.3 Å². The Hall–Kier alpha value is -1.44. The summed E-state index contributed by atoms with van der Waals surface area (Å²) in [5.74, 6) is -1.28. The molecule has 0 radical (unpaired) electrons. The van der Waals surface area contributed by atoms with Crippen LogP contribution in [0.1, 0.15) is 116 Å². The Kier molecular flexibility index (Phi) is 23.6. The zero-order valence-electron chi connectivity index (χ0n) is 21.6. The molecule has 0 rings (SSSR count). The highest BCUT2D eigenvalue weighted by Gasteiger charge is 2.15. The number of aliphatic hydroxyl groups excluding tert-OH is 1. The van der Waals surface area contributed by atoms with E-state index in [0.717, 1.165) is 57.9 Å². The number of aliphatic carboxylic acids is 1. The Morgan fingerprint density at radius 1 is 0.824 bits per heavy atom. The Morgan fingerprint density at radius 3 is 1.88 bits per heavy atom. The molecule has 0 aromatic heterocycles. The van der Waals surface area contributed by atoms with E-state index in [1.165, 1.54) is 58.3 Å². The van der Waals surface area contributed by atoms with Crippen molar-refractivity contribution in [2.24, 2.45) is 5.73 Å². The smallest absolute Gasteiger partial charge is 0.334 e. The molecule has 34 heavy (non-hydrogen) atoms. The fourth-order valence-electron chi connectivity index (χ4n) is 3.78. The largest absolute Gasteiger partial charge is 0.480 e. The fraction of sp³-hybridized carbons (Fsp3) is 0.852. The lowest BCUT2D eigenvalue weighted by Gasteiger charge is -2.14. The number of carbonyl (C=O) groups is 2. The SMILES string of the molecule is CC(O)C(=O)OCCCCCCCC/C=C\CCCCCCCCN[C@@H](CCCCN)C(=O)O. The lowest BCUT2D eigenvalue weighted by molar-refractivity contribution is -0.152. The van der Waals surface area contributed by atoms with Crippen LogP contribution in [0.2, 0.25) is 0 Å². The summed E-state index contributed by atoms with van der Waals surface area (Å²) in [6.45, 7) is 3.24. The first-order valence-corrected chi connectivity index (χ1v) is 13.6. The first-order valence-electron chi connectivity index (χ1n) is 13.6. The molecule has 2 atom stereocenters. The second-order valence-corrected chi connectivity index (χ2v) is 9.26. The Morgan fingerprint density at radius 2 is 1.35 bits per heavy atom. The number of rotatable bonds is 25. The monoisotopic (exact) mass is 484 g/mol. The summed E-state index contributed by atoms with van der Waals surface area (Å²) >= 11 is 0. The standard InChI is InChI=1S/C27H52N2O5/c1-24(30)27(33)34-23-19-15-13-11-9-7-5-3-2-4-6-8-10-12-14-18-22-29-25(26(31)32)20-16-17-21-28/h2-3,24-25,29-30H,4-23,28H2,1H3,(H,31,32)/b3-2-/t24?,25-/m0/s1. The van der Waals surface area contributed by atoms with Gasteiger partial charge in [0.25, 0.3) is 0 Å². The van der Waals surface area contributed by atoms with Gasteiger partial charge in [0, 0.05) is 0 Å². The van der Waals surface area contributed by atoms with E-state index < -0.39 is 24.1 Å². The van der Waals surface area contributed by atoms with Gasteiger partial charge in [0.15, 0.2) is 0 Å². The highest BCUT2D eigenvalue weighted by Crippen LogP contribution is 2.10. The number of carbonyl (C=O) groups excluding carboxylic acids is 1. The first-order chi connectivity index (χ1) is 16.5. The molecule has 200 valence electrons. The molecule has 0 amide bonds. The van der Waals surface area contributed by atoms with Gasteiger partial charge in [-0.2, -0.15) is 0 Å². The predicted octanol–water partition coefficient (Wildman–Crippen LogP) is 5.10. The topological polar surface area (TPSA) is 122 Å². The van der Waals surface area contributed by atoms with Crippen molar-refractivity contribution in [3.63, 3.8) is 0 Å². The van der Waals surface area contributed by atoms with Crippen LogP contribution in [0.3, 0.4) is 0 Å². The van der Waals surface area contributed by atoms with Gasteiger partial charge in [-0.05, 0) is 71.4 Å². The minimum Gasteiger partial charge on any atom is -0.480 e. The third-order valence-corrected chi connectivity index (χ3v) is 5.95. The Balaban J connectivity index is 3.34. The number of nitrogens with two attached hydrogens (primary N) is 1. The van der Waals surface area contributed by atoms with Crippen molar-refractivity contribution in [2.75, 3.05) is 19.7 Å². The molecule has 0 heterocycles. The zero-order valence-corrected chi connectivity index (χ0v) is 21.6. The number of ether oxygens (including phenoxy) is 1. The van der Waals surface area contributed by atoms with Gasteiger partial charge in [0.2, 0.25) is 0 Å². The normalized spacial score (nSPS) is 13.3. The Labute approximate surface area is 207 Å². The number of hydrogen-bond donors (Lipinski definition) is 4. The summed E-state index contributed by atoms with van der Waals surface area (Å²) in [7, 11) is 0. The summed E-state index contributed by atoms with van der Waals surface area (Å²) in [5.41, 5.74) is 5.47. The number of carboxylic acid groups (broad SMARTS) is 1. The predicted molar refractivity (Wildman–Crippen MR) is 139 cm³/mol. The molecular weight excluding hydrogens is 432 g/mol. The molecule has 1 unspecified atom stereocenters. The van der Waals surface area contributed by atoms with Crippen LogP contribution in [0.5, 0.6) is 0 Å². The van der Waals surface area contributed by atoms with E-state index >= 15 is 0 Å². The molecule has 0 saturated carbocycles. The van der Waals surface area contributed by atoms with Crippen LogP contribution in [0.25, 0.3) is 0 Å². The maximum Gasteiger partial charge on any atom is 0.334 e. The van der Waals surface area contributed by atoms with Gasteiger partial charge in [-0.3, -0.25) is 4.79 Å². The fourth-order valence-corrected chi connectivity index (χ4v) is 3.78. The van der Waals surface area contributed by atoms with Crippen molar-refractivity contribution in [1.29, 1.82) is 0 Å². The first kappa shape index (κ1) is 32.6. The van der Waals surface area contributed by atoms with Gasteiger partial charge < -0.3 is 26.0 Å². The summed E-state index contributed by atoms with van der Waals surface area (Å²) < 4.78 is 4.94. The van der Waals surface area contributed by atoms with Crippen LogP contribution < -0.4 is 11.1 Å². The molecule has 7 heteroatoms. The summed E-state index contributed by atoms with van der Waals surface area (Å²) in [6, 6.07) is -0.432. The molecule has 5 N–H and O–H groups in total. The second-order valence-electron chi connectivity index (χ2n) is 9.26. The number of nitrogens with one attached hydrogen (secondary N) is 1. The molecule has 0 bridgehead atoms. The van der Waals surface area contributed by atoms with Gasteiger partial charge in [0.05, 0.1) is 6.61 Å². The molecule has 0 aliphatic heterocycles. The van der Waals surface area contributed by atoms with Crippen LogP contribution in [0.4, 0.5) is 0 Å². The van der Waals surface area contributed by atoms with E-state index in [-0.39, 0.29) is 0 Å². The number of hydrogen-bond acceptors (Lipinski definition) is 6. The summed E-state index contributed by atoms with van der Waals surface area (Å²) in [6.07, 6.45) is 22.3. The molecule has 0 spiro atoms. The van der Waals surface area contributed by atoms with Crippen molar-refractivity contribution in [1.82, 2.24) is 5.32 Å². The van der Waals surface area contributed by atoms with Crippen molar-refractivity contribution in [3.05, 3.63) is 12.2 Å². The number of esters is 1. The maximum absolute atomic E-state index is 11.2. The lowest BCUT2D eigenvalue weighted by atomic mass is 10.1. The lowest BCUT2D eigenvalue weighted by Crippen LogP contribution is -2.37. The molecule has 7 nitrogen and oxygen atoms in total. The minimum atomic E-state index is -1.02. The minimum absolute atomic E-state index is 0.410. The molecule has 0 aliphatic rings. The molecule has 0 aromatic carbocycles. The zero-order chi connectivity index (χ0) is 25.3. The molecule has 0 saturated heterocycles. The third-order valence-electron chi connectivity index (χ3n) is 5.95. The Bertz CT molecular complexity index is 511. The number of allylic oxidation sites excluding steroid dienone is 2.